The highest BCUT2D eigenvalue weighted by Crippen LogP contribution is 2.26. The first-order chi connectivity index (χ1) is 10.6. The first-order valence-electron chi connectivity index (χ1n) is 7.13. The molecule has 0 aliphatic heterocycles. The molecule has 0 bridgehead atoms. The topological polar surface area (TPSA) is 88.3 Å². The van der Waals surface area contributed by atoms with Crippen LogP contribution >= 0.6 is 11.3 Å². The lowest BCUT2D eigenvalue weighted by molar-refractivity contribution is -0.384. The molecule has 1 aromatic carbocycles. The normalized spacial score (nSPS) is 12.3. The minimum absolute atomic E-state index is 0.0741. The minimum atomic E-state index is -0.400. The Morgan fingerprint density at radius 2 is 2.32 bits per heavy atom. The van der Waals surface area contributed by atoms with E-state index in [2.05, 4.69) is 17.2 Å². The summed E-state index contributed by atoms with van der Waals surface area (Å²) < 4.78 is 0. The number of nitrogens with zero attached hydrogens (tertiary/aromatic N) is 2. The van der Waals surface area contributed by atoms with Crippen LogP contribution in [0.4, 0.5) is 5.69 Å². The molecule has 2 N–H and O–H groups in total. The number of nitrogens with one attached hydrogen (secondary N) is 1. The van der Waals surface area contributed by atoms with Crippen molar-refractivity contribution in [2.45, 2.75) is 32.4 Å². The Hall–Kier alpha value is -1.83. The number of nitro benzene ring substituents is 1. The lowest BCUT2D eigenvalue weighted by Gasteiger charge is -2.11. The van der Waals surface area contributed by atoms with Gasteiger partial charge >= 0.3 is 0 Å². The molecule has 0 radical (unpaired) electrons. The van der Waals surface area contributed by atoms with Crippen molar-refractivity contribution < 1.29 is 10.0 Å². The number of aromatic nitrogens is 1. The van der Waals surface area contributed by atoms with Crippen molar-refractivity contribution in [3.8, 4) is 10.6 Å². The fourth-order valence-corrected chi connectivity index (χ4v) is 2.87. The lowest BCUT2D eigenvalue weighted by Crippen LogP contribution is -2.25. The average Bonchev–Trinajstić information content (AvgIpc) is 3.00. The van der Waals surface area contributed by atoms with E-state index in [1.165, 1.54) is 17.4 Å². The number of benzene rings is 1. The molecule has 1 heterocycles. The summed E-state index contributed by atoms with van der Waals surface area (Å²) in [6, 6.07) is 6.83. The van der Waals surface area contributed by atoms with Crippen LogP contribution in [0.15, 0.2) is 29.6 Å². The second-order valence-corrected chi connectivity index (χ2v) is 5.96. The van der Waals surface area contributed by atoms with Crippen LogP contribution in [0.5, 0.6) is 0 Å². The summed E-state index contributed by atoms with van der Waals surface area (Å²) in [6.45, 7) is 2.93. The van der Waals surface area contributed by atoms with Gasteiger partial charge < -0.3 is 10.4 Å². The summed E-state index contributed by atoms with van der Waals surface area (Å²) in [5, 5.41) is 25.7. The van der Waals surface area contributed by atoms with Gasteiger partial charge in [-0.2, -0.15) is 0 Å². The molecule has 0 fully saturated rings. The van der Waals surface area contributed by atoms with E-state index in [-0.39, 0.29) is 12.3 Å². The maximum absolute atomic E-state index is 10.8. The van der Waals surface area contributed by atoms with Crippen LogP contribution in [-0.4, -0.2) is 27.7 Å². The molecule has 1 unspecified atom stereocenters. The molecule has 0 saturated heterocycles. The third kappa shape index (κ3) is 4.59. The Labute approximate surface area is 133 Å². The minimum Gasteiger partial charge on any atom is -0.396 e. The Kier molecular flexibility index (Phi) is 6.00. The van der Waals surface area contributed by atoms with Crippen molar-refractivity contribution in [1.82, 2.24) is 10.3 Å². The third-order valence-electron chi connectivity index (χ3n) is 3.28. The van der Waals surface area contributed by atoms with Crippen molar-refractivity contribution in [2.24, 2.45) is 0 Å². The van der Waals surface area contributed by atoms with E-state index in [4.69, 9.17) is 5.11 Å². The molecule has 0 saturated carbocycles. The molecule has 0 aliphatic rings. The molecule has 0 aliphatic carbocycles. The van der Waals surface area contributed by atoms with Crippen molar-refractivity contribution >= 4 is 17.0 Å². The molecular formula is C15H19N3O3S. The predicted octanol–water partition coefficient (Wildman–Crippen LogP) is 2.97. The SMILES string of the molecule is CC(CCCO)NCc1csc(-c2cccc([N+](=O)[O-])c2)n1. The first-order valence-corrected chi connectivity index (χ1v) is 8.01. The maximum Gasteiger partial charge on any atom is 0.270 e. The highest BCUT2D eigenvalue weighted by Gasteiger charge is 2.10. The summed E-state index contributed by atoms with van der Waals surface area (Å²) in [4.78, 5) is 14.9. The Morgan fingerprint density at radius 1 is 1.50 bits per heavy atom. The number of hydrogen-bond donors (Lipinski definition) is 2. The lowest BCUT2D eigenvalue weighted by atomic mass is 10.2. The molecule has 7 heteroatoms. The van der Waals surface area contributed by atoms with Crippen molar-refractivity contribution in [1.29, 1.82) is 0 Å². The van der Waals surface area contributed by atoms with Crippen LogP contribution in [-0.2, 0) is 6.54 Å². The average molecular weight is 321 g/mol. The molecule has 2 aromatic rings. The summed E-state index contributed by atoms with van der Waals surface area (Å²) in [6.07, 6.45) is 1.70. The Balaban J connectivity index is 1.99. The zero-order chi connectivity index (χ0) is 15.9. The van der Waals surface area contributed by atoms with Crippen molar-refractivity contribution in [3.05, 3.63) is 45.5 Å². The monoisotopic (exact) mass is 321 g/mol. The molecule has 2 rings (SSSR count). The number of non-ortho nitro benzene ring substituents is 1. The van der Waals surface area contributed by atoms with E-state index in [0.717, 1.165) is 29.1 Å². The highest BCUT2D eigenvalue weighted by molar-refractivity contribution is 7.13. The number of rotatable bonds is 8. The Bertz CT molecular complexity index is 630. The van der Waals surface area contributed by atoms with E-state index >= 15 is 0 Å². The standard InChI is InChI=1S/C15H19N3O3S/c1-11(4-3-7-19)16-9-13-10-22-15(17-13)12-5-2-6-14(8-12)18(20)21/h2,5-6,8,10-11,16,19H,3-4,7,9H2,1H3. The van der Waals surface area contributed by atoms with Crippen LogP contribution < -0.4 is 5.32 Å². The van der Waals surface area contributed by atoms with Gasteiger partial charge in [0.05, 0.1) is 10.6 Å². The van der Waals surface area contributed by atoms with Gasteiger partial charge in [-0.05, 0) is 19.8 Å². The molecule has 1 aromatic heterocycles. The number of thiazole rings is 1. The van der Waals surface area contributed by atoms with Crippen molar-refractivity contribution in [3.63, 3.8) is 0 Å². The van der Waals surface area contributed by atoms with Gasteiger partial charge in [0.2, 0.25) is 0 Å². The molecular weight excluding hydrogens is 302 g/mol. The van der Waals surface area contributed by atoms with Crippen LogP contribution in [0, 0.1) is 10.1 Å². The van der Waals surface area contributed by atoms with Gasteiger partial charge in [0, 0.05) is 42.3 Å². The van der Waals surface area contributed by atoms with Gasteiger partial charge in [-0.3, -0.25) is 10.1 Å². The Morgan fingerprint density at radius 3 is 3.05 bits per heavy atom. The number of hydrogen-bond acceptors (Lipinski definition) is 6. The van der Waals surface area contributed by atoms with Crippen LogP contribution in [0.2, 0.25) is 0 Å². The van der Waals surface area contributed by atoms with Crippen molar-refractivity contribution in [2.75, 3.05) is 6.61 Å². The number of aliphatic hydroxyl groups excluding tert-OH is 1. The van der Waals surface area contributed by atoms with Gasteiger partial charge in [0.15, 0.2) is 0 Å². The van der Waals surface area contributed by atoms with E-state index in [1.54, 1.807) is 12.1 Å². The summed E-state index contributed by atoms with van der Waals surface area (Å²) in [5.74, 6) is 0. The second-order valence-electron chi connectivity index (χ2n) is 5.10. The molecule has 1 atom stereocenters. The molecule has 22 heavy (non-hydrogen) atoms. The zero-order valence-electron chi connectivity index (χ0n) is 12.4. The number of aliphatic hydroxyl groups is 1. The summed E-state index contributed by atoms with van der Waals surface area (Å²) in [7, 11) is 0. The van der Waals surface area contributed by atoms with Crippen LogP contribution in [0.3, 0.4) is 0 Å². The van der Waals surface area contributed by atoms with Crippen LogP contribution in [0.25, 0.3) is 10.6 Å². The van der Waals surface area contributed by atoms with Gasteiger partial charge in [0.1, 0.15) is 5.01 Å². The largest absolute Gasteiger partial charge is 0.396 e. The molecule has 0 amide bonds. The fraction of sp³-hybridized carbons (Fsp3) is 0.400. The summed E-state index contributed by atoms with van der Waals surface area (Å²) >= 11 is 1.48. The second kappa shape index (κ2) is 7.98. The zero-order valence-corrected chi connectivity index (χ0v) is 13.2. The van der Waals surface area contributed by atoms with Crippen LogP contribution in [0.1, 0.15) is 25.5 Å². The van der Waals surface area contributed by atoms with Gasteiger partial charge in [0.25, 0.3) is 5.69 Å². The molecule has 0 spiro atoms. The van der Waals surface area contributed by atoms with Gasteiger partial charge in [-0.1, -0.05) is 12.1 Å². The first kappa shape index (κ1) is 16.5. The van der Waals surface area contributed by atoms with E-state index in [0.29, 0.717) is 12.6 Å². The van der Waals surface area contributed by atoms with E-state index in [9.17, 15) is 10.1 Å². The van der Waals surface area contributed by atoms with E-state index in [1.807, 2.05) is 11.4 Å². The maximum atomic E-state index is 10.8. The quantitative estimate of drug-likeness (QED) is 0.576. The molecule has 6 nitrogen and oxygen atoms in total. The van der Waals surface area contributed by atoms with Gasteiger partial charge in [-0.25, -0.2) is 4.98 Å². The van der Waals surface area contributed by atoms with Gasteiger partial charge in [-0.15, -0.1) is 11.3 Å². The highest BCUT2D eigenvalue weighted by atomic mass is 32.1. The predicted molar refractivity (Wildman–Crippen MR) is 86.8 cm³/mol. The van der Waals surface area contributed by atoms with E-state index < -0.39 is 4.92 Å². The smallest absolute Gasteiger partial charge is 0.270 e. The fourth-order valence-electron chi connectivity index (χ4n) is 2.05. The summed E-state index contributed by atoms with van der Waals surface area (Å²) in [5.41, 5.74) is 1.76. The number of nitro groups is 1. The molecule has 118 valence electrons. The third-order valence-corrected chi connectivity index (χ3v) is 4.22.